The summed E-state index contributed by atoms with van der Waals surface area (Å²) in [5.41, 5.74) is 5.37. The third kappa shape index (κ3) is 3.87. The minimum absolute atomic E-state index is 0.589. The Labute approximate surface area is 123 Å². The Hall–Kier alpha value is -1.77. The van der Waals surface area contributed by atoms with Gasteiger partial charge in [-0.2, -0.15) is 13.2 Å². The van der Waals surface area contributed by atoms with Gasteiger partial charge in [-0.25, -0.2) is 0 Å². The number of hydrogen-bond acceptors (Lipinski definition) is 0. The molecule has 0 fully saturated rings. The quantitative estimate of drug-likeness (QED) is 0.709. The molecule has 0 aliphatic carbocycles. The van der Waals surface area contributed by atoms with E-state index in [1.807, 2.05) is 0 Å². The van der Waals surface area contributed by atoms with Crippen molar-refractivity contribution in [3.05, 3.63) is 69.8 Å². The fourth-order valence-electron chi connectivity index (χ4n) is 2.43. The van der Waals surface area contributed by atoms with Gasteiger partial charge in [0.1, 0.15) is 0 Å². The number of alkyl halides is 3. The zero-order valence-corrected chi connectivity index (χ0v) is 12.5. The summed E-state index contributed by atoms with van der Waals surface area (Å²) in [6.45, 7) is 6.24. The van der Waals surface area contributed by atoms with E-state index in [1.165, 1.54) is 22.3 Å². The Morgan fingerprint density at radius 2 is 1.33 bits per heavy atom. The van der Waals surface area contributed by atoms with Crippen molar-refractivity contribution in [2.75, 3.05) is 0 Å². The van der Waals surface area contributed by atoms with Crippen LogP contribution in [0.4, 0.5) is 13.2 Å². The molecule has 21 heavy (non-hydrogen) atoms. The lowest BCUT2D eigenvalue weighted by atomic mass is 9.96. The average molecular weight is 292 g/mol. The van der Waals surface area contributed by atoms with Crippen molar-refractivity contribution in [3.8, 4) is 0 Å². The molecule has 0 saturated heterocycles. The molecule has 0 nitrogen and oxygen atoms in total. The Kier molecular flexibility index (Phi) is 4.40. The number of halogens is 3. The van der Waals surface area contributed by atoms with E-state index >= 15 is 0 Å². The number of benzene rings is 2. The third-order valence-electron chi connectivity index (χ3n) is 3.92. The lowest BCUT2D eigenvalue weighted by Gasteiger charge is -2.11. The van der Waals surface area contributed by atoms with Crippen LogP contribution < -0.4 is 0 Å². The van der Waals surface area contributed by atoms with E-state index in [-0.39, 0.29) is 0 Å². The van der Waals surface area contributed by atoms with Gasteiger partial charge in [0.05, 0.1) is 5.56 Å². The molecule has 0 aliphatic rings. The van der Waals surface area contributed by atoms with Crippen LogP contribution in [0.1, 0.15) is 33.4 Å². The van der Waals surface area contributed by atoms with Crippen LogP contribution >= 0.6 is 0 Å². The molecule has 0 saturated carbocycles. The van der Waals surface area contributed by atoms with E-state index in [2.05, 4.69) is 32.9 Å². The normalized spacial score (nSPS) is 11.7. The summed E-state index contributed by atoms with van der Waals surface area (Å²) in [5.74, 6) is 0. The zero-order valence-electron chi connectivity index (χ0n) is 12.5. The van der Waals surface area contributed by atoms with Crippen LogP contribution in [0.15, 0.2) is 36.4 Å². The van der Waals surface area contributed by atoms with Crippen LogP contribution in [0.2, 0.25) is 0 Å². The van der Waals surface area contributed by atoms with E-state index in [9.17, 15) is 13.2 Å². The summed E-state index contributed by atoms with van der Waals surface area (Å²) in [7, 11) is 0. The van der Waals surface area contributed by atoms with E-state index in [0.717, 1.165) is 30.5 Å². The average Bonchev–Trinajstić information content (AvgIpc) is 2.41. The smallest absolute Gasteiger partial charge is 0.166 e. The van der Waals surface area contributed by atoms with Gasteiger partial charge in [0.15, 0.2) is 0 Å². The maximum atomic E-state index is 12.5. The Balaban J connectivity index is 2.08. The molecule has 2 rings (SSSR count). The SMILES string of the molecule is Cc1cc(C)c(CCc2ccc(C(F)(F)F)cc2)cc1C. The topological polar surface area (TPSA) is 0 Å². The van der Waals surface area contributed by atoms with Gasteiger partial charge >= 0.3 is 6.18 Å². The van der Waals surface area contributed by atoms with Crippen LogP contribution in [0.25, 0.3) is 0 Å². The molecule has 0 atom stereocenters. The van der Waals surface area contributed by atoms with Crippen molar-refractivity contribution in [2.45, 2.75) is 39.8 Å². The van der Waals surface area contributed by atoms with Crippen molar-refractivity contribution >= 4 is 0 Å². The number of hydrogen-bond donors (Lipinski definition) is 0. The van der Waals surface area contributed by atoms with Gasteiger partial charge in [-0.3, -0.25) is 0 Å². The third-order valence-corrected chi connectivity index (χ3v) is 3.92. The van der Waals surface area contributed by atoms with Crippen molar-refractivity contribution in [3.63, 3.8) is 0 Å². The molecular formula is C18H19F3. The van der Waals surface area contributed by atoms with Crippen LogP contribution in [-0.2, 0) is 19.0 Å². The Bertz CT molecular complexity index is 622. The molecule has 2 aromatic rings. The first-order valence-electron chi connectivity index (χ1n) is 7.00. The Morgan fingerprint density at radius 1 is 0.762 bits per heavy atom. The maximum absolute atomic E-state index is 12.5. The molecule has 0 amide bonds. The second-order valence-electron chi connectivity index (χ2n) is 5.56. The fraction of sp³-hybridized carbons (Fsp3) is 0.333. The van der Waals surface area contributed by atoms with Crippen molar-refractivity contribution < 1.29 is 13.2 Å². The first-order valence-corrected chi connectivity index (χ1v) is 7.00. The van der Waals surface area contributed by atoms with Gasteiger partial charge in [-0.05, 0) is 73.6 Å². The molecule has 3 heteroatoms. The molecule has 0 aromatic heterocycles. The molecule has 2 aromatic carbocycles. The van der Waals surface area contributed by atoms with Gasteiger partial charge in [0, 0.05) is 0 Å². The van der Waals surface area contributed by atoms with E-state index in [4.69, 9.17) is 0 Å². The second-order valence-corrected chi connectivity index (χ2v) is 5.56. The molecule has 112 valence electrons. The number of aryl methyl sites for hydroxylation is 5. The monoisotopic (exact) mass is 292 g/mol. The van der Waals surface area contributed by atoms with Crippen molar-refractivity contribution in [1.29, 1.82) is 0 Å². The predicted octanol–water partition coefficient (Wildman–Crippen LogP) is 5.42. The summed E-state index contributed by atoms with van der Waals surface area (Å²) < 4.78 is 37.5. The molecule has 0 spiro atoms. The summed E-state index contributed by atoms with van der Waals surface area (Å²) in [4.78, 5) is 0. The van der Waals surface area contributed by atoms with Gasteiger partial charge in [-0.1, -0.05) is 24.3 Å². The van der Waals surface area contributed by atoms with Gasteiger partial charge in [-0.15, -0.1) is 0 Å². The summed E-state index contributed by atoms with van der Waals surface area (Å²) >= 11 is 0. The highest BCUT2D eigenvalue weighted by molar-refractivity contribution is 5.37. The predicted molar refractivity (Wildman–Crippen MR) is 79.5 cm³/mol. The molecule has 0 bridgehead atoms. The Morgan fingerprint density at radius 3 is 1.90 bits per heavy atom. The zero-order chi connectivity index (χ0) is 15.6. The summed E-state index contributed by atoms with van der Waals surface area (Å²) in [6.07, 6.45) is -2.66. The van der Waals surface area contributed by atoms with E-state index < -0.39 is 11.7 Å². The number of rotatable bonds is 3. The second kappa shape index (κ2) is 5.92. The standard InChI is InChI=1S/C18H19F3/c1-12-10-14(3)16(11-13(12)2)7-4-15-5-8-17(9-6-15)18(19,20)21/h5-6,8-11H,4,7H2,1-3H3. The van der Waals surface area contributed by atoms with Gasteiger partial charge in [0.2, 0.25) is 0 Å². The molecule has 0 radical (unpaired) electrons. The van der Waals surface area contributed by atoms with Gasteiger partial charge in [0.25, 0.3) is 0 Å². The first-order chi connectivity index (χ1) is 9.77. The highest BCUT2D eigenvalue weighted by Gasteiger charge is 2.29. The van der Waals surface area contributed by atoms with Crippen LogP contribution in [0.3, 0.4) is 0 Å². The van der Waals surface area contributed by atoms with E-state index in [1.54, 1.807) is 12.1 Å². The largest absolute Gasteiger partial charge is 0.416 e. The molecule has 0 unspecified atom stereocenters. The lowest BCUT2D eigenvalue weighted by molar-refractivity contribution is -0.137. The van der Waals surface area contributed by atoms with E-state index in [0.29, 0.717) is 0 Å². The molecule has 0 heterocycles. The van der Waals surface area contributed by atoms with Crippen LogP contribution in [-0.4, -0.2) is 0 Å². The van der Waals surface area contributed by atoms with Crippen LogP contribution in [0.5, 0.6) is 0 Å². The maximum Gasteiger partial charge on any atom is 0.416 e. The first kappa shape index (κ1) is 15.6. The summed E-state index contributed by atoms with van der Waals surface area (Å²) in [5, 5.41) is 0. The molecular weight excluding hydrogens is 273 g/mol. The van der Waals surface area contributed by atoms with Crippen LogP contribution in [0, 0.1) is 20.8 Å². The fourth-order valence-corrected chi connectivity index (χ4v) is 2.43. The highest BCUT2D eigenvalue weighted by atomic mass is 19.4. The summed E-state index contributed by atoms with van der Waals surface area (Å²) in [6, 6.07) is 9.79. The highest BCUT2D eigenvalue weighted by Crippen LogP contribution is 2.29. The van der Waals surface area contributed by atoms with Crippen molar-refractivity contribution in [1.82, 2.24) is 0 Å². The lowest BCUT2D eigenvalue weighted by Crippen LogP contribution is -2.04. The molecule has 0 N–H and O–H groups in total. The molecule has 0 aliphatic heterocycles. The van der Waals surface area contributed by atoms with Gasteiger partial charge < -0.3 is 0 Å². The minimum atomic E-state index is -4.26. The minimum Gasteiger partial charge on any atom is -0.166 e. The van der Waals surface area contributed by atoms with Crippen molar-refractivity contribution in [2.24, 2.45) is 0 Å².